The molecule has 0 saturated carbocycles. The maximum absolute atomic E-state index is 11.6. The Labute approximate surface area is 101 Å². The molecule has 0 spiro atoms. The van der Waals surface area contributed by atoms with Gasteiger partial charge in [0.15, 0.2) is 0 Å². The lowest BCUT2D eigenvalue weighted by Gasteiger charge is -2.32. The van der Waals surface area contributed by atoms with E-state index in [1.165, 1.54) is 0 Å². The lowest BCUT2D eigenvalue weighted by Crippen LogP contribution is -2.56. The Morgan fingerprint density at radius 1 is 1.65 bits per heavy atom. The Morgan fingerprint density at radius 3 is 3.24 bits per heavy atom. The highest BCUT2D eigenvalue weighted by molar-refractivity contribution is 5.79. The van der Waals surface area contributed by atoms with E-state index >= 15 is 0 Å². The van der Waals surface area contributed by atoms with Crippen LogP contribution in [-0.4, -0.2) is 48.5 Å². The third kappa shape index (κ3) is 3.51. The first kappa shape index (κ1) is 12.0. The summed E-state index contributed by atoms with van der Waals surface area (Å²) in [5.74, 6) is 0.0976. The van der Waals surface area contributed by atoms with E-state index in [-0.39, 0.29) is 11.9 Å². The summed E-state index contributed by atoms with van der Waals surface area (Å²) in [6.07, 6.45) is 3.61. The normalized spacial score (nSPS) is 21.2. The number of nitrogens with one attached hydrogen (secondary N) is 2. The molecule has 1 fully saturated rings. The molecule has 0 aromatic carbocycles. The molecular formula is C12H18N4O. The number of piperazine rings is 1. The molecule has 1 aliphatic rings. The number of pyridine rings is 1. The molecule has 0 bridgehead atoms. The molecule has 0 radical (unpaired) electrons. The summed E-state index contributed by atoms with van der Waals surface area (Å²) in [6.45, 7) is 2.92. The molecular weight excluding hydrogens is 216 g/mol. The molecule has 0 aliphatic carbocycles. The molecule has 2 rings (SSSR count). The number of amides is 1. The zero-order valence-corrected chi connectivity index (χ0v) is 10.0. The third-order valence-electron chi connectivity index (χ3n) is 2.79. The Bertz CT molecular complexity index is 368. The smallest absolute Gasteiger partial charge is 0.234 e. The van der Waals surface area contributed by atoms with Crippen LogP contribution < -0.4 is 10.6 Å². The van der Waals surface area contributed by atoms with Crippen molar-refractivity contribution in [2.75, 3.05) is 26.7 Å². The Hall–Kier alpha value is -1.46. The van der Waals surface area contributed by atoms with Crippen LogP contribution in [0.15, 0.2) is 24.5 Å². The van der Waals surface area contributed by atoms with Crippen molar-refractivity contribution in [2.45, 2.75) is 12.6 Å². The van der Waals surface area contributed by atoms with Gasteiger partial charge in [-0.3, -0.25) is 14.7 Å². The summed E-state index contributed by atoms with van der Waals surface area (Å²) in [5.41, 5.74) is 1.14. The second-order valence-corrected chi connectivity index (χ2v) is 4.35. The van der Waals surface area contributed by atoms with Crippen molar-refractivity contribution in [1.29, 1.82) is 0 Å². The number of nitrogens with zero attached hydrogens (tertiary/aromatic N) is 2. The van der Waals surface area contributed by atoms with Gasteiger partial charge in [0.25, 0.3) is 0 Å². The molecule has 1 aromatic rings. The standard InChI is InChI=1S/C12H18N4O/c1-13-6-11-8-16(9-12(17)15-11)7-10-3-2-4-14-5-10/h2-5,11,13H,6-9H2,1H3,(H,15,17). The number of likely N-dealkylation sites (N-methyl/N-ethyl adjacent to an activating group) is 1. The van der Waals surface area contributed by atoms with Gasteiger partial charge in [-0.25, -0.2) is 0 Å². The minimum Gasteiger partial charge on any atom is -0.350 e. The van der Waals surface area contributed by atoms with E-state index in [0.29, 0.717) is 6.54 Å². The van der Waals surface area contributed by atoms with Crippen LogP contribution >= 0.6 is 0 Å². The van der Waals surface area contributed by atoms with E-state index in [0.717, 1.165) is 25.2 Å². The van der Waals surface area contributed by atoms with E-state index in [4.69, 9.17) is 0 Å². The summed E-state index contributed by atoms with van der Waals surface area (Å²) >= 11 is 0. The monoisotopic (exact) mass is 234 g/mol. The van der Waals surface area contributed by atoms with Crippen molar-refractivity contribution in [3.63, 3.8) is 0 Å². The van der Waals surface area contributed by atoms with Gasteiger partial charge in [-0.1, -0.05) is 6.07 Å². The number of carbonyl (C=O) groups is 1. The van der Waals surface area contributed by atoms with Gasteiger partial charge in [-0.15, -0.1) is 0 Å². The van der Waals surface area contributed by atoms with Crippen molar-refractivity contribution >= 4 is 5.91 Å². The van der Waals surface area contributed by atoms with Gasteiger partial charge in [0.05, 0.1) is 12.6 Å². The van der Waals surface area contributed by atoms with Crippen LogP contribution in [0.4, 0.5) is 0 Å². The number of hydrogen-bond donors (Lipinski definition) is 2. The largest absolute Gasteiger partial charge is 0.350 e. The van der Waals surface area contributed by atoms with Crippen molar-refractivity contribution in [1.82, 2.24) is 20.5 Å². The lowest BCUT2D eigenvalue weighted by molar-refractivity contribution is -0.125. The highest BCUT2D eigenvalue weighted by Gasteiger charge is 2.23. The fourth-order valence-corrected chi connectivity index (χ4v) is 2.13. The second kappa shape index (κ2) is 5.75. The van der Waals surface area contributed by atoms with Gasteiger partial charge in [-0.05, 0) is 18.7 Å². The number of hydrogen-bond acceptors (Lipinski definition) is 4. The van der Waals surface area contributed by atoms with Crippen molar-refractivity contribution in [2.24, 2.45) is 0 Å². The van der Waals surface area contributed by atoms with Gasteiger partial charge < -0.3 is 10.6 Å². The first-order valence-electron chi connectivity index (χ1n) is 5.83. The molecule has 1 atom stereocenters. The summed E-state index contributed by atoms with van der Waals surface area (Å²) in [5, 5.41) is 6.06. The van der Waals surface area contributed by atoms with Crippen molar-refractivity contribution in [3.8, 4) is 0 Å². The zero-order valence-electron chi connectivity index (χ0n) is 10.0. The molecule has 2 N–H and O–H groups in total. The van der Waals surface area contributed by atoms with Crippen molar-refractivity contribution < 1.29 is 4.79 Å². The molecule has 5 nitrogen and oxygen atoms in total. The fraction of sp³-hybridized carbons (Fsp3) is 0.500. The molecule has 1 saturated heterocycles. The van der Waals surface area contributed by atoms with E-state index in [2.05, 4.69) is 20.5 Å². The second-order valence-electron chi connectivity index (χ2n) is 4.35. The summed E-state index contributed by atoms with van der Waals surface area (Å²) in [4.78, 5) is 17.8. The first-order valence-corrected chi connectivity index (χ1v) is 5.83. The molecule has 2 heterocycles. The summed E-state index contributed by atoms with van der Waals surface area (Å²) < 4.78 is 0. The zero-order chi connectivity index (χ0) is 12.1. The Kier molecular flexibility index (Phi) is 4.06. The van der Waals surface area contributed by atoms with E-state index in [1.807, 2.05) is 25.4 Å². The average molecular weight is 234 g/mol. The molecule has 92 valence electrons. The van der Waals surface area contributed by atoms with Crippen LogP contribution in [0.2, 0.25) is 0 Å². The SMILES string of the molecule is CNCC1CN(Cc2cccnc2)CC(=O)N1. The van der Waals surface area contributed by atoms with Crippen LogP contribution in [0.5, 0.6) is 0 Å². The quantitative estimate of drug-likeness (QED) is 0.744. The molecule has 1 amide bonds. The highest BCUT2D eigenvalue weighted by Crippen LogP contribution is 2.06. The Morgan fingerprint density at radius 2 is 2.53 bits per heavy atom. The van der Waals surface area contributed by atoms with Gasteiger partial charge >= 0.3 is 0 Å². The minimum absolute atomic E-state index is 0.0976. The summed E-state index contributed by atoms with van der Waals surface area (Å²) in [6, 6.07) is 4.15. The van der Waals surface area contributed by atoms with Crippen LogP contribution in [0, 0.1) is 0 Å². The van der Waals surface area contributed by atoms with Crippen LogP contribution in [0.25, 0.3) is 0 Å². The predicted molar refractivity (Wildman–Crippen MR) is 65.4 cm³/mol. The lowest BCUT2D eigenvalue weighted by atomic mass is 10.1. The van der Waals surface area contributed by atoms with E-state index in [9.17, 15) is 4.79 Å². The fourth-order valence-electron chi connectivity index (χ4n) is 2.13. The molecule has 5 heteroatoms. The number of rotatable bonds is 4. The third-order valence-corrected chi connectivity index (χ3v) is 2.79. The molecule has 17 heavy (non-hydrogen) atoms. The van der Waals surface area contributed by atoms with Gasteiger partial charge in [0, 0.05) is 32.0 Å². The van der Waals surface area contributed by atoms with Gasteiger partial charge in [0.2, 0.25) is 5.91 Å². The van der Waals surface area contributed by atoms with Crippen LogP contribution in [-0.2, 0) is 11.3 Å². The summed E-state index contributed by atoms with van der Waals surface area (Å²) in [7, 11) is 1.90. The number of aromatic nitrogens is 1. The van der Waals surface area contributed by atoms with Crippen LogP contribution in [0.1, 0.15) is 5.56 Å². The van der Waals surface area contributed by atoms with E-state index in [1.54, 1.807) is 6.20 Å². The maximum atomic E-state index is 11.6. The predicted octanol–water partition coefficient (Wildman–Crippen LogP) is -0.399. The van der Waals surface area contributed by atoms with Crippen molar-refractivity contribution in [3.05, 3.63) is 30.1 Å². The number of carbonyl (C=O) groups excluding carboxylic acids is 1. The molecule has 1 unspecified atom stereocenters. The highest BCUT2D eigenvalue weighted by atomic mass is 16.2. The molecule has 1 aliphatic heterocycles. The van der Waals surface area contributed by atoms with Crippen LogP contribution in [0.3, 0.4) is 0 Å². The minimum atomic E-state index is 0.0976. The maximum Gasteiger partial charge on any atom is 0.234 e. The van der Waals surface area contributed by atoms with Gasteiger partial charge in [0.1, 0.15) is 0 Å². The Balaban J connectivity index is 1.94. The van der Waals surface area contributed by atoms with E-state index < -0.39 is 0 Å². The first-order chi connectivity index (χ1) is 8.28. The van der Waals surface area contributed by atoms with Gasteiger partial charge in [-0.2, -0.15) is 0 Å². The average Bonchev–Trinajstić information content (AvgIpc) is 2.30. The topological polar surface area (TPSA) is 57.3 Å². The molecule has 1 aromatic heterocycles.